The van der Waals surface area contributed by atoms with Gasteiger partial charge in [0.25, 0.3) is 0 Å². The first-order valence-corrected chi connectivity index (χ1v) is 10.8. The summed E-state index contributed by atoms with van der Waals surface area (Å²) in [5, 5.41) is 7.05. The number of anilines is 1. The van der Waals surface area contributed by atoms with Crippen molar-refractivity contribution >= 4 is 11.7 Å². The van der Waals surface area contributed by atoms with Gasteiger partial charge in [-0.05, 0) is 18.6 Å². The minimum atomic E-state index is 0.190. The van der Waals surface area contributed by atoms with Crippen molar-refractivity contribution in [3.05, 3.63) is 23.9 Å². The minimum Gasteiger partial charge on any atom is -0.354 e. The van der Waals surface area contributed by atoms with E-state index in [-0.39, 0.29) is 18.1 Å². The average Bonchev–Trinajstić information content (AvgIpc) is 3.20. The summed E-state index contributed by atoms with van der Waals surface area (Å²) in [6.45, 7) is 7.17. The monoisotopic (exact) mass is 400 g/mol. The lowest BCUT2D eigenvalue weighted by atomic mass is 9.84. The fraction of sp³-hybridized carbons (Fsp3) is 0.700. The zero-order chi connectivity index (χ0) is 19.8. The molecule has 0 aromatic carbocycles. The first kappa shape index (κ1) is 19.2. The van der Waals surface area contributed by atoms with Crippen LogP contribution >= 0.6 is 0 Å². The molecule has 5 heterocycles. The minimum absolute atomic E-state index is 0.190. The van der Waals surface area contributed by atoms with E-state index < -0.39 is 0 Å². The molecular formula is C20H32N8O. The van der Waals surface area contributed by atoms with E-state index in [1.807, 2.05) is 11.9 Å². The number of hydrogen-bond donors (Lipinski definition) is 4. The van der Waals surface area contributed by atoms with E-state index in [9.17, 15) is 4.79 Å². The van der Waals surface area contributed by atoms with Crippen LogP contribution in [0.25, 0.3) is 0 Å². The van der Waals surface area contributed by atoms with E-state index >= 15 is 0 Å². The van der Waals surface area contributed by atoms with Gasteiger partial charge in [-0.3, -0.25) is 15.1 Å². The van der Waals surface area contributed by atoms with Crippen molar-refractivity contribution in [3.63, 3.8) is 0 Å². The lowest BCUT2D eigenvalue weighted by molar-refractivity contribution is -0.136. The number of carbonyl (C=O) groups is 1. The van der Waals surface area contributed by atoms with Crippen LogP contribution in [0.15, 0.2) is 18.2 Å². The van der Waals surface area contributed by atoms with E-state index in [1.165, 1.54) is 0 Å². The molecule has 1 aromatic heterocycles. The highest BCUT2D eigenvalue weighted by Gasteiger charge is 2.43. The molecule has 4 N–H and O–H groups in total. The summed E-state index contributed by atoms with van der Waals surface area (Å²) < 4.78 is 0. The van der Waals surface area contributed by atoms with Crippen LogP contribution in [0.1, 0.15) is 18.2 Å². The number of pyridine rings is 1. The first-order valence-electron chi connectivity index (χ1n) is 10.8. The summed E-state index contributed by atoms with van der Waals surface area (Å²) in [7, 11) is 1.89. The van der Waals surface area contributed by atoms with Gasteiger partial charge in [0.1, 0.15) is 5.82 Å². The van der Waals surface area contributed by atoms with Crippen LogP contribution in [0.4, 0.5) is 5.82 Å². The van der Waals surface area contributed by atoms with Gasteiger partial charge in [0.15, 0.2) is 0 Å². The Morgan fingerprint density at radius 2 is 1.97 bits per heavy atom. The number of hydrogen-bond acceptors (Lipinski definition) is 8. The summed E-state index contributed by atoms with van der Waals surface area (Å²) in [4.78, 5) is 23.7. The second-order valence-electron chi connectivity index (χ2n) is 8.64. The number of piperidine rings is 1. The van der Waals surface area contributed by atoms with E-state index in [0.29, 0.717) is 18.5 Å². The number of nitrogens with one attached hydrogen (secondary N) is 4. The molecule has 0 saturated carbocycles. The molecule has 0 radical (unpaired) electrons. The maximum Gasteiger partial charge on any atom is 0.236 e. The second-order valence-corrected chi connectivity index (χ2v) is 8.64. The number of fused-ring (bicyclic) bond motifs is 1. The summed E-state index contributed by atoms with van der Waals surface area (Å²) in [5.41, 5.74) is 8.09. The first-order chi connectivity index (χ1) is 14.2. The smallest absolute Gasteiger partial charge is 0.236 e. The summed E-state index contributed by atoms with van der Waals surface area (Å²) in [6.07, 6.45) is 1.25. The van der Waals surface area contributed by atoms with Crippen LogP contribution < -0.4 is 26.4 Å². The zero-order valence-corrected chi connectivity index (χ0v) is 17.1. The molecule has 0 aliphatic carbocycles. The predicted molar refractivity (Wildman–Crippen MR) is 111 cm³/mol. The molecule has 0 bridgehead atoms. The Balaban J connectivity index is 1.30. The van der Waals surface area contributed by atoms with Gasteiger partial charge in [-0.1, -0.05) is 6.07 Å². The number of carbonyl (C=O) groups excluding carboxylic acids is 1. The van der Waals surface area contributed by atoms with Crippen LogP contribution in [0.5, 0.6) is 0 Å². The number of rotatable bonds is 3. The van der Waals surface area contributed by atoms with Gasteiger partial charge < -0.3 is 20.4 Å². The molecule has 4 unspecified atom stereocenters. The third kappa shape index (κ3) is 3.85. The lowest BCUT2D eigenvalue weighted by Gasteiger charge is -2.43. The maximum absolute atomic E-state index is 12.2. The number of likely N-dealkylation sites (N-methyl/N-ethyl adjacent to an activating group) is 1. The Bertz CT molecular complexity index is 739. The van der Waals surface area contributed by atoms with Gasteiger partial charge in [0, 0.05) is 64.8 Å². The number of aromatic nitrogens is 1. The van der Waals surface area contributed by atoms with Crippen molar-refractivity contribution in [3.8, 4) is 0 Å². The SMILES string of the molecule is CN1CCN(C2CC3C(CN2)NNC3c2cccc(N3CCNCC3)n2)CC1=O. The quantitative estimate of drug-likeness (QED) is 0.499. The van der Waals surface area contributed by atoms with Crippen molar-refractivity contribution < 1.29 is 4.79 Å². The topological polar surface area (TPSA) is 87.8 Å². The van der Waals surface area contributed by atoms with Gasteiger partial charge in [0.05, 0.1) is 24.4 Å². The van der Waals surface area contributed by atoms with Gasteiger partial charge in [-0.25, -0.2) is 10.4 Å². The van der Waals surface area contributed by atoms with Crippen molar-refractivity contribution in [2.45, 2.75) is 24.7 Å². The van der Waals surface area contributed by atoms with Crippen molar-refractivity contribution in [1.82, 2.24) is 36.3 Å². The van der Waals surface area contributed by atoms with Gasteiger partial charge >= 0.3 is 0 Å². The van der Waals surface area contributed by atoms with Crippen LogP contribution in [-0.2, 0) is 4.79 Å². The Morgan fingerprint density at radius 1 is 1.10 bits per heavy atom. The third-order valence-electron chi connectivity index (χ3n) is 6.88. The van der Waals surface area contributed by atoms with E-state index in [0.717, 1.165) is 63.7 Å². The fourth-order valence-electron chi connectivity index (χ4n) is 5.05. The molecule has 4 aliphatic heterocycles. The van der Waals surface area contributed by atoms with Gasteiger partial charge in [-0.15, -0.1) is 0 Å². The molecule has 1 aromatic rings. The van der Waals surface area contributed by atoms with E-state index in [1.54, 1.807) is 0 Å². The number of amides is 1. The van der Waals surface area contributed by atoms with E-state index in [2.05, 4.69) is 49.5 Å². The third-order valence-corrected chi connectivity index (χ3v) is 6.88. The normalized spacial score (nSPS) is 33.8. The number of nitrogens with zero attached hydrogens (tertiary/aromatic N) is 4. The Hall–Kier alpha value is -1.78. The van der Waals surface area contributed by atoms with Gasteiger partial charge in [-0.2, -0.15) is 0 Å². The summed E-state index contributed by atoms with van der Waals surface area (Å²) in [6, 6.07) is 6.96. The zero-order valence-electron chi connectivity index (χ0n) is 17.1. The molecule has 5 rings (SSSR count). The Kier molecular flexibility index (Phi) is 5.40. The van der Waals surface area contributed by atoms with Gasteiger partial charge in [0.2, 0.25) is 5.91 Å². The van der Waals surface area contributed by atoms with Crippen LogP contribution in [0.2, 0.25) is 0 Å². The molecular weight excluding hydrogens is 368 g/mol. The van der Waals surface area contributed by atoms with E-state index in [4.69, 9.17) is 4.98 Å². The fourth-order valence-corrected chi connectivity index (χ4v) is 5.05. The molecule has 1 amide bonds. The Morgan fingerprint density at radius 3 is 2.79 bits per heavy atom. The molecule has 4 aliphatic rings. The molecule has 29 heavy (non-hydrogen) atoms. The molecule has 9 heteroatoms. The van der Waals surface area contributed by atoms with Crippen molar-refractivity contribution in [1.29, 1.82) is 0 Å². The van der Waals surface area contributed by atoms with Crippen molar-refractivity contribution in [2.24, 2.45) is 5.92 Å². The standard InChI is InChI=1S/C20H32N8O/c1-26-9-10-28(13-19(26)29)18-11-14-16(12-22-18)24-25-20(14)15-3-2-4-17(23-15)27-7-5-21-6-8-27/h2-4,14,16,18,20-22,24-25H,5-13H2,1H3. The highest BCUT2D eigenvalue weighted by molar-refractivity contribution is 5.78. The molecule has 4 saturated heterocycles. The maximum atomic E-state index is 12.2. The van der Waals surface area contributed by atoms with Crippen LogP contribution in [0.3, 0.4) is 0 Å². The van der Waals surface area contributed by atoms with Crippen molar-refractivity contribution in [2.75, 3.05) is 64.3 Å². The highest BCUT2D eigenvalue weighted by Crippen LogP contribution is 2.35. The molecule has 4 atom stereocenters. The summed E-state index contributed by atoms with van der Waals surface area (Å²) in [5.74, 6) is 1.73. The number of piperazine rings is 2. The summed E-state index contributed by atoms with van der Waals surface area (Å²) >= 11 is 0. The molecule has 9 nitrogen and oxygen atoms in total. The Labute approximate surface area is 172 Å². The lowest BCUT2D eigenvalue weighted by Crippen LogP contribution is -2.61. The average molecular weight is 401 g/mol. The predicted octanol–water partition coefficient (Wildman–Crippen LogP) is -1.28. The van der Waals surface area contributed by atoms with Crippen LogP contribution in [0, 0.1) is 5.92 Å². The largest absolute Gasteiger partial charge is 0.354 e. The molecule has 158 valence electrons. The highest BCUT2D eigenvalue weighted by atomic mass is 16.2. The second kappa shape index (κ2) is 8.16. The molecule has 4 fully saturated rings. The molecule has 0 spiro atoms. The van der Waals surface area contributed by atoms with Crippen LogP contribution in [-0.4, -0.2) is 92.3 Å². The number of hydrazine groups is 1.